The highest BCUT2D eigenvalue weighted by atomic mass is 32.2. The van der Waals surface area contributed by atoms with Gasteiger partial charge in [0.05, 0.1) is 25.4 Å². The van der Waals surface area contributed by atoms with E-state index in [1.54, 1.807) is 6.07 Å². The molecule has 200 valence electrons. The number of halogens is 2. The molecule has 14 heteroatoms. The number of nitrogens with one attached hydrogen (secondary N) is 1. The van der Waals surface area contributed by atoms with E-state index in [0.29, 0.717) is 46.3 Å². The number of anilines is 1. The molecule has 5 N–H and O–H groups in total. The van der Waals surface area contributed by atoms with E-state index in [-0.39, 0.29) is 38.2 Å². The summed E-state index contributed by atoms with van der Waals surface area (Å²) in [5.41, 5.74) is 1.40. The summed E-state index contributed by atoms with van der Waals surface area (Å²) in [6.07, 6.45) is -1.57. The van der Waals surface area contributed by atoms with Crippen LogP contribution in [0.4, 0.5) is 14.6 Å². The highest BCUT2D eigenvalue weighted by molar-refractivity contribution is 7.99. The van der Waals surface area contributed by atoms with Gasteiger partial charge in [0.1, 0.15) is 12.2 Å². The van der Waals surface area contributed by atoms with E-state index >= 15 is 0 Å². The summed E-state index contributed by atoms with van der Waals surface area (Å²) < 4.78 is 34.0. The molecule has 0 bridgehead atoms. The Hall–Kier alpha value is -2.49. The van der Waals surface area contributed by atoms with E-state index in [0.717, 1.165) is 6.07 Å². The number of fused-ring (bicyclic) bond motifs is 1. The van der Waals surface area contributed by atoms with Crippen molar-refractivity contribution in [1.82, 2.24) is 25.0 Å². The van der Waals surface area contributed by atoms with Crippen LogP contribution in [0.25, 0.3) is 11.2 Å². The van der Waals surface area contributed by atoms with Crippen molar-refractivity contribution in [2.45, 2.75) is 60.7 Å². The summed E-state index contributed by atoms with van der Waals surface area (Å²) >= 11 is 1.34. The summed E-state index contributed by atoms with van der Waals surface area (Å²) in [7, 11) is 0. The van der Waals surface area contributed by atoms with Crippen molar-refractivity contribution in [3.8, 4) is 0 Å². The minimum absolute atomic E-state index is 0.0270. The molecule has 11 nitrogen and oxygen atoms in total. The van der Waals surface area contributed by atoms with Gasteiger partial charge in [-0.2, -0.15) is 0 Å². The van der Waals surface area contributed by atoms with Crippen molar-refractivity contribution in [2.24, 2.45) is 0 Å². The number of aromatic nitrogens is 5. The minimum atomic E-state index is -1.19. The molecule has 0 amide bonds. The van der Waals surface area contributed by atoms with Crippen molar-refractivity contribution < 1.29 is 33.9 Å². The van der Waals surface area contributed by atoms with Gasteiger partial charge in [-0.25, -0.2) is 23.4 Å². The quantitative estimate of drug-likeness (QED) is 0.135. The molecule has 37 heavy (non-hydrogen) atoms. The van der Waals surface area contributed by atoms with Crippen LogP contribution in [0.15, 0.2) is 23.4 Å². The summed E-state index contributed by atoms with van der Waals surface area (Å²) in [6.45, 7) is -0.152. The first-order valence-corrected chi connectivity index (χ1v) is 13.1. The number of hydrogen-bond acceptors (Lipinski definition) is 11. The lowest BCUT2D eigenvalue weighted by Crippen LogP contribution is -2.33. The van der Waals surface area contributed by atoms with Gasteiger partial charge < -0.3 is 30.5 Å². The molecule has 0 saturated heterocycles. The van der Waals surface area contributed by atoms with Crippen LogP contribution < -0.4 is 5.32 Å². The fourth-order valence-corrected chi connectivity index (χ4v) is 5.41. The molecule has 2 aliphatic carbocycles. The van der Waals surface area contributed by atoms with Crippen molar-refractivity contribution in [2.75, 3.05) is 30.9 Å². The zero-order valence-electron chi connectivity index (χ0n) is 19.7. The Labute approximate surface area is 214 Å². The Morgan fingerprint density at radius 2 is 1.92 bits per heavy atom. The number of hydrogen-bond donors (Lipinski definition) is 5. The van der Waals surface area contributed by atoms with Crippen molar-refractivity contribution in [1.29, 1.82) is 0 Å². The molecule has 0 spiro atoms. The van der Waals surface area contributed by atoms with Crippen molar-refractivity contribution in [3.05, 3.63) is 35.4 Å². The Bertz CT molecular complexity index is 1250. The number of aliphatic hydroxyl groups is 4. The molecule has 2 saturated carbocycles. The lowest BCUT2D eigenvalue weighted by Gasteiger charge is -2.17. The topological polar surface area (TPSA) is 159 Å². The van der Waals surface area contributed by atoms with Crippen LogP contribution in [0, 0.1) is 11.6 Å². The third-order valence-electron chi connectivity index (χ3n) is 6.66. The van der Waals surface area contributed by atoms with Crippen LogP contribution in [-0.4, -0.2) is 95.3 Å². The normalized spacial score (nSPS) is 27.2. The number of thioether (sulfide) groups is 1. The lowest BCUT2D eigenvalue weighted by molar-refractivity contribution is -0.0629. The molecule has 2 aliphatic rings. The molecule has 2 fully saturated rings. The molecule has 0 aliphatic heterocycles. The molecule has 3 aromatic rings. The fourth-order valence-electron chi connectivity index (χ4n) is 4.65. The fraction of sp³-hybridized carbons (Fsp3) is 0.565. The second-order valence-electron chi connectivity index (χ2n) is 9.17. The van der Waals surface area contributed by atoms with Crippen LogP contribution in [0.1, 0.15) is 36.8 Å². The highest BCUT2D eigenvalue weighted by Crippen LogP contribution is 2.44. The maximum absolute atomic E-state index is 13.7. The van der Waals surface area contributed by atoms with Gasteiger partial charge in [0.15, 0.2) is 33.8 Å². The Kier molecular flexibility index (Phi) is 7.83. The number of aliphatic hydroxyl groups excluding tert-OH is 4. The first kappa shape index (κ1) is 26.1. The van der Waals surface area contributed by atoms with Gasteiger partial charge >= 0.3 is 0 Å². The second-order valence-corrected chi connectivity index (χ2v) is 10.2. The van der Waals surface area contributed by atoms with Crippen molar-refractivity contribution in [3.63, 3.8) is 0 Å². The number of rotatable bonds is 11. The zero-order chi connectivity index (χ0) is 26.1. The SMILES string of the molecule is OCCCSc1nc(N[C@@H]2C[C@H]2c2ccc(F)c(F)c2)c2nnn([C@@H]3C[C@H](OCCO)[C@@H](O)[C@H]3O)c2n1. The molecule has 2 heterocycles. The third-order valence-corrected chi connectivity index (χ3v) is 7.59. The van der Waals surface area contributed by atoms with Gasteiger partial charge in [-0.05, 0) is 30.5 Å². The largest absolute Gasteiger partial charge is 0.396 e. The molecule has 1 aromatic carbocycles. The van der Waals surface area contributed by atoms with Crippen LogP contribution in [0.5, 0.6) is 0 Å². The Morgan fingerprint density at radius 3 is 2.68 bits per heavy atom. The van der Waals surface area contributed by atoms with E-state index in [9.17, 15) is 19.0 Å². The average Bonchev–Trinajstić information content (AvgIpc) is 3.43. The monoisotopic (exact) mass is 538 g/mol. The first-order valence-electron chi connectivity index (χ1n) is 12.1. The first-order chi connectivity index (χ1) is 17.9. The Balaban J connectivity index is 1.42. The average molecular weight is 539 g/mol. The molecule has 0 unspecified atom stereocenters. The zero-order valence-corrected chi connectivity index (χ0v) is 20.6. The second kappa shape index (κ2) is 11.1. The molecule has 6 atom stereocenters. The standard InChI is InChI=1S/C23H28F2N6O5S/c24-13-3-2-11(8-14(13)25)12-9-15(12)26-21-18-22(28-23(27-21)37-7-1-4-32)31(30-29-18)16-10-17(36-6-5-33)20(35)19(16)34/h2-3,8,12,15-17,19-20,32-35H,1,4-7,9-10H2,(H,26,27,28)/t12-,15+,16+,17-,19-,20+/m0/s1. The smallest absolute Gasteiger partial charge is 0.191 e. The van der Waals surface area contributed by atoms with E-state index in [4.69, 9.17) is 14.9 Å². The van der Waals surface area contributed by atoms with Crippen LogP contribution in [0.2, 0.25) is 0 Å². The summed E-state index contributed by atoms with van der Waals surface area (Å²) in [5.74, 6) is -0.825. The minimum Gasteiger partial charge on any atom is -0.396 e. The van der Waals surface area contributed by atoms with Gasteiger partial charge in [-0.15, -0.1) is 5.10 Å². The van der Waals surface area contributed by atoms with E-state index in [1.165, 1.54) is 22.5 Å². The molecule has 2 aromatic heterocycles. The molecule has 5 rings (SSSR count). The molecular formula is C23H28F2N6O5S. The number of ether oxygens (including phenoxy) is 1. The predicted octanol–water partition coefficient (Wildman–Crippen LogP) is 0.986. The van der Waals surface area contributed by atoms with Gasteiger partial charge in [-0.3, -0.25) is 0 Å². The summed E-state index contributed by atoms with van der Waals surface area (Å²) in [4.78, 5) is 9.18. The molecular weight excluding hydrogens is 510 g/mol. The van der Waals surface area contributed by atoms with E-state index in [1.807, 2.05) is 0 Å². The molecule has 0 radical (unpaired) electrons. The summed E-state index contributed by atoms with van der Waals surface area (Å²) in [5, 5.41) is 51.5. The predicted molar refractivity (Wildman–Crippen MR) is 129 cm³/mol. The number of nitrogens with zero attached hydrogens (tertiary/aromatic N) is 5. The lowest BCUT2D eigenvalue weighted by atomic mass is 10.1. The third kappa shape index (κ3) is 5.40. The summed E-state index contributed by atoms with van der Waals surface area (Å²) in [6, 6.07) is 3.13. The maximum atomic E-state index is 13.7. The van der Waals surface area contributed by atoms with Gasteiger partial charge in [0.25, 0.3) is 0 Å². The van der Waals surface area contributed by atoms with Gasteiger partial charge in [-0.1, -0.05) is 23.0 Å². The Morgan fingerprint density at radius 1 is 1.08 bits per heavy atom. The van der Waals surface area contributed by atoms with Crippen LogP contribution in [0.3, 0.4) is 0 Å². The van der Waals surface area contributed by atoms with E-state index < -0.39 is 36.0 Å². The van der Waals surface area contributed by atoms with Crippen LogP contribution in [-0.2, 0) is 4.74 Å². The van der Waals surface area contributed by atoms with Gasteiger partial charge in [0, 0.05) is 30.7 Å². The highest BCUT2D eigenvalue weighted by Gasteiger charge is 2.45. The maximum Gasteiger partial charge on any atom is 0.191 e. The van der Waals surface area contributed by atoms with Gasteiger partial charge in [0.2, 0.25) is 0 Å². The van der Waals surface area contributed by atoms with Crippen LogP contribution >= 0.6 is 11.8 Å². The number of benzene rings is 1. The van der Waals surface area contributed by atoms with E-state index in [2.05, 4.69) is 25.6 Å². The van der Waals surface area contributed by atoms with Crippen molar-refractivity contribution >= 4 is 28.7 Å².